The van der Waals surface area contributed by atoms with E-state index in [1.54, 1.807) is 0 Å². The van der Waals surface area contributed by atoms with Crippen LogP contribution in [0.2, 0.25) is 0 Å². The minimum absolute atomic E-state index is 0.0150. The number of hydrogen-bond donors (Lipinski definition) is 0. The summed E-state index contributed by atoms with van der Waals surface area (Å²) in [6.07, 6.45) is -0.0150. The quantitative estimate of drug-likeness (QED) is 0.391. The molecule has 11 nitrogen and oxygen atoms in total. The van der Waals surface area contributed by atoms with Crippen molar-refractivity contribution in [3.05, 3.63) is 71.3 Å². The Bertz CT molecular complexity index is 1010. The number of esters is 1. The average Bonchev–Trinajstić information content (AvgIpc) is 2.97. The Hall–Kier alpha value is -3.89. The summed E-state index contributed by atoms with van der Waals surface area (Å²) in [7, 11) is 1.08. The lowest BCUT2D eigenvalue weighted by atomic mass is 9.97. The molecule has 26 heavy (non-hydrogen) atoms. The van der Waals surface area contributed by atoms with Gasteiger partial charge in [-0.05, 0) is 17.5 Å². The smallest absolute Gasteiger partial charge is 0.338 e. The largest absolute Gasteiger partial charge is 0.465 e. The van der Waals surface area contributed by atoms with Crippen molar-refractivity contribution in [3.63, 3.8) is 0 Å². The van der Waals surface area contributed by atoms with Gasteiger partial charge in [0.25, 0.3) is 17.1 Å². The number of hydrogen-bond acceptors (Lipinski definition) is 8. The Balaban J connectivity index is 2.38. The van der Waals surface area contributed by atoms with E-state index in [0.29, 0.717) is 0 Å². The number of nitro groups is 3. The highest BCUT2D eigenvalue weighted by atomic mass is 16.6. The second-order valence-corrected chi connectivity index (χ2v) is 5.47. The highest BCUT2D eigenvalue weighted by Gasteiger charge is 2.35. The minimum atomic E-state index is -0.898. The van der Waals surface area contributed by atoms with Crippen molar-refractivity contribution in [2.24, 2.45) is 0 Å². The van der Waals surface area contributed by atoms with Crippen LogP contribution < -0.4 is 0 Å². The summed E-state index contributed by atoms with van der Waals surface area (Å²) in [6.45, 7) is 0. The Kier molecular flexibility index (Phi) is 3.83. The van der Waals surface area contributed by atoms with Gasteiger partial charge in [0.05, 0.1) is 39.1 Å². The van der Waals surface area contributed by atoms with Crippen LogP contribution in [0.5, 0.6) is 0 Å². The molecule has 2 aromatic rings. The molecular formula is C15H9N3O8. The molecule has 0 amide bonds. The van der Waals surface area contributed by atoms with Crippen molar-refractivity contribution < 1.29 is 24.3 Å². The van der Waals surface area contributed by atoms with E-state index in [1.807, 2.05) is 0 Å². The maximum absolute atomic E-state index is 12.1. The van der Waals surface area contributed by atoms with Crippen LogP contribution in [0.25, 0.3) is 11.1 Å². The van der Waals surface area contributed by atoms with Crippen molar-refractivity contribution in [2.45, 2.75) is 6.42 Å². The third kappa shape index (κ3) is 2.51. The Morgan fingerprint density at radius 1 is 0.885 bits per heavy atom. The fourth-order valence-electron chi connectivity index (χ4n) is 3.05. The number of carbonyl (C=O) groups excluding carboxylic acids is 1. The SMILES string of the molecule is COC(=O)c1cc([N+](=O)[O-])cc2c1-c1c(cc([N+](=O)[O-])cc1[N+](=O)[O-])C2. The third-order valence-corrected chi connectivity index (χ3v) is 4.04. The van der Waals surface area contributed by atoms with E-state index in [1.165, 1.54) is 6.07 Å². The molecule has 0 N–H and O–H groups in total. The van der Waals surface area contributed by atoms with Gasteiger partial charge < -0.3 is 4.74 Å². The molecule has 1 aliphatic carbocycles. The zero-order valence-electron chi connectivity index (χ0n) is 13.1. The van der Waals surface area contributed by atoms with Gasteiger partial charge in [-0.2, -0.15) is 0 Å². The molecule has 1 aliphatic rings. The monoisotopic (exact) mass is 359 g/mol. The number of nitro benzene ring substituents is 3. The minimum Gasteiger partial charge on any atom is -0.465 e. The fourth-order valence-corrected chi connectivity index (χ4v) is 3.05. The molecule has 0 spiro atoms. The number of fused-ring (bicyclic) bond motifs is 3. The van der Waals surface area contributed by atoms with Crippen LogP contribution in [0.4, 0.5) is 17.1 Å². The van der Waals surface area contributed by atoms with E-state index in [9.17, 15) is 35.1 Å². The number of benzene rings is 2. The van der Waals surface area contributed by atoms with Gasteiger partial charge in [-0.1, -0.05) is 0 Å². The summed E-state index contributed by atoms with van der Waals surface area (Å²) in [5, 5.41) is 33.6. The molecule has 3 rings (SSSR count). The maximum atomic E-state index is 12.1. The molecule has 0 fully saturated rings. The molecule has 0 bridgehead atoms. The van der Waals surface area contributed by atoms with Gasteiger partial charge >= 0.3 is 5.97 Å². The fraction of sp³-hybridized carbons (Fsp3) is 0.133. The molecule has 0 heterocycles. The van der Waals surface area contributed by atoms with Crippen molar-refractivity contribution in [2.75, 3.05) is 7.11 Å². The first kappa shape index (κ1) is 17.0. The van der Waals surface area contributed by atoms with Crippen LogP contribution in [-0.4, -0.2) is 27.8 Å². The van der Waals surface area contributed by atoms with Crippen LogP contribution in [-0.2, 0) is 11.2 Å². The second kappa shape index (κ2) is 5.88. The highest BCUT2D eigenvalue weighted by Crippen LogP contribution is 2.47. The lowest BCUT2D eigenvalue weighted by molar-refractivity contribution is -0.393. The van der Waals surface area contributed by atoms with Gasteiger partial charge in [0.1, 0.15) is 0 Å². The Morgan fingerprint density at radius 3 is 1.92 bits per heavy atom. The molecular weight excluding hydrogens is 350 g/mol. The van der Waals surface area contributed by atoms with E-state index in [0.717, 1.165) is 25.3 Å². The second-order valence-electron chi connectivity index (χ2n) is 5.47. The lowest BCUT2D eigenvalue weighted by Gasteiger charge is -2.08. The summed E-state index contributed by atoms with van der Waals surface area (Å²) in [5.74, 6) is -0.898. The number of nitrogens with zero attached hydrogens (tertiary/aromatic N) is 3. The van der Waals surface area contributed by atoms with E-state index in [-0.39, 0.29) is 39.9 Å². The van der Waals surface area contributed by atoms with Gasteiger partial charge in [0.15, 0.2) is 0 Å². The molecule has 0 radical (unpaired) electrons. The Labute approximate surface area is 144 Å². The van der Waals surface area contributed by atoms with Gasteiger partial charge in [-0.15, -0.1) is 0 Å². The van der Waals surface area contributed by atoms with Crippen LogP contribution >= 0.6 is 0 Å². The average molecular weight is 359 g/mol. The normalized spacial score (nSPS) is 11.4. The molecule has 2 aromatic carbocycles. The number of methoxy groups -OCH3 is 1. The van der Waals surface area contributed by atoms with Crippen molar-refractivity contribution >= 4 is 23.0 Å². The summed E-state index contributed by atoms with van der Waals surface area (Å²) in [5.41, 5.74) is -0.916. The molecule has 0 atom stereocenters. The molecule has 0 aromatic heterocycles. The number of ether oxygens (including phenoxy) is 1. The standard InChI is InChI=1S/C15H9N3O8/c1-26-15(19)11-5-9(16(20)21)3-7-2-8-4-10(17(22)23)6-12(18(24)25)14(8)13(7)11/h3-6H,2H2,1H3. The van der Waals surface area contributed by atoms with E-state index < -0.39 is 32.1 Å². The summed E-state index contributed by atoms with van der Waals surface area (Å²) >= 11 is 0. The highest BCUT2D eigenvalue weighted by molar-refractivity contribution is 6.03. The van der Waals surface area contributed by atoms with E-state index in [2.05, 4.69) is 4.74 Å². The van der Waals surface area contributed by atoms with Gasteiger partial charge in [-0.3, -0.25) is 30.3 Å². The number of carbonyl (C=O) groups is 1. The van der Waals surface area contributed by atoms with Crippen molar-refractivity contribution in [3.8, 4) is 11.1 Å². The predicted octanol–water partition coefficient (Wildman–Crippen LogP) is 2.77. The van der Waals surface area contributed by atoms with Crippen molar-refractivity contribution in [1.82, 2.24) is 0 Å². The molecule has 11 heteroatoms. The van der Waals surface area contributed by atoms with Crippen LogP contribution in [0.15, 0.2) is 24.3 Å². The number of non-ortho nitro benzene ring substituents is 2. The summed E-state index contributed by atoms with van der Waals surface area (Å²) < 4.78 is 4.63. The molecule has 0 unspecified atom stereocenters. The first-order chi connectivity index (χ1) is 12.2. The van der Waals surface area contributed by atoms with Gasteiger partial charge in [0, 0.05) is 23.8 Å². The predicted molar refractivity (Wildman–Crippen MR) is 86.0 cm³/mol. The lowest BCUT2D eigenvalue weighted by Crippen LogP contribution is -2.06. The molecule has 0 saturated heterocycles. The summed E-state index contributed by atoms with van der Waals surface area (Å²) in [6, 6.07) is 4.13. The summed E-state index contributed by atoms with van der Waals surface area (Å²) in [4.78, 5) is 43.4. The van der Waals surface area contributed by atoms with Gasteiger partial charge in [0.2, 0.25) is 0 Å². The van der Waals surface area contributed by atoms with Gasteiger partial charge in [-0.25, -0.2) is 4.79 Å². The molecule has 132 valence electrons. The third-order valence-electron chi connectivity index (χ3n) is 4.04. The zero-order valence-corrected chi connectivity index (χ0v) is 13.1. The van der Waals surface area contributed by atoms with E-state index in [4.69, 9.17) is 0 Å². The topological polar surface area (TPSA) is 156 Å². The maximum Gasteiger partial charge on any atom is 0.338 e. The van der Waals surface area contributed by atoms with Crippen LogP contribution in [0.1, 0.15) is 21.5 Å². The molecule has 0 aliphatic heterocycles. The zero-order chi connectivity index (χ0) is 19.2. The van der Waals surface area contributed by atoms with E-state index >= 15 is 0 Å². The van der Waals surface area contributed by atoms with Crippen LogP contribution in [0, 0.1) is 30.3 Å². The van der Waals surface area contributed by atoms with Crippen molar-refractivity contribution in [1.29, 1.82) is 0 Å². The first-order valence-electron chi connectivity index (χ1n) is 7.10. The number of rotatable bonds is 4. The van der Waals surface area contributed by atoms with Crippen LogP contribution in [0.3, 0.4) is 0 Å². The molecule has 0 saturated carbocycles. The first-order valence-corrected chi connectivity index (χ1v) is 7.10. The Morgan fingerprint density at radius 2 is 1.42 bits per heavy atom.